The number of piperazine rings is 1. The van der Waals surface area contributed by atoms with Crippen LogP contribution in [0.15, 0.2) is 36.8 Å². The lowest BCUT2D eigenvalue weighted by molar-refractivity contribution is -0.145. The Balaban J connectivity index is 1.19. The van der Waals surface area contributed by atoms with E-state index in [4.69, 9.17) is 10.5 Å². The van der Waals surface area contributed by atoms with Crippen LogP contribution in [0, 0.1) is 5.92 Å². The Kier molecular flexibility index (Phi) is 7.38. The number of hydrogen-bond donors (Lipinski definition) is 5. The van der Waals surface area contributed by atoms with Crippen molar-refractivity contribution in [1.29, 1.82) is 0 Å². The molecule has 0 unspecified atom stereocenters. The molecule has 0 bridgehead atoms. The van der Waals surface area contributed by atoms with Crippen LogP contribution in [-0.4, -0.2) is 114 Å². The van der Waals surface area contributed by atoms with E-state index in [1.807, 2.05) is 24.3 Å². The molecule has 5 atom stereocenters. The van der Waals surface area contributed by atoms with Gasteiger partial charge in [-0.1, -0.05) is 18.2 Å². The predicted octanol–water partition coefficient (Wildman–Crippen LogP) is -1.71. The zero-order valence-electron chi connectivity index (χ0n) is 22.6. The highest BCUT2D eigenvalue weighted by atomic mass is 16.6. The van der Waals surface area contributed by atoms with Gasteiger partial charge in [-0.15, -0.1) is 5.10 Å². The first kappa shape index (κ1) is 27.8. The minimum absolute atomic E-state index is 0.0954. The van der Waals surface area contributed by atoms with Crippen molar-refractivity contribution in [2.75, 3.05) is 26.2 Å². The molecule has 1 aromatic carbocycles. The van der Waals surface area contributed by atoms with Crippen LogP contribution >= 0.6 is 0 Å². The van der Waals surface area contributed by atoms with E-state index in [0.29, 0.717) is 26.2 Å². The number of benzene rings is 1. The molecule has 3 aliphatic rings. The molecule has 2 saturated heterocycles. The number of para-hydroxylation sites is 1. The first-order valence-corrected chi connectivity index (χ1v) is 13.9. The van der Waals surface area contributed by atoms with E-state index >= 15 is 0 Å². The molecule has 1 aliphatic carbocycles. The number of hydrogen-bond acceptors (Lipinski definition) is 9. The minimum atomic E-state index is -1.66. The Morgan fingerprint density at radius 2 is 1.79 bits per heavy atom. The molecule has 4 amide bonds. The number of aromatic nitrogens is 4. The third-order valence-electron chi connectivity index (χ3n) is 8.03. The number of nitrogens with zero attached hydrogens (tertiary/aromatic N) is 5. The van der Waals surface area contributed by atoms with Crippen LogP contribution in [0.3, 0.4) is 0 Å². The quantitative estimate of drug-likeness (QED) is 0.205. The van der Waals surface area contributed by atoms with Gasteiger partial charge in [0, 0.05) is 55.6 Å². The summed E-state index contributed by atoms with van der Waals surface area (Å²) in [5.41, 5.74) is 6.87. The Hall–Kier alpha value is -4.34. The first-order valence-electron chi connectivity index (χ1n) is 13.9. The molecule has 0 spiro atoms. The van der Waals surface area contributed by atoms with Gasteiger partial charge in [-0.25, -0.2) is 9.67 Å². The number of nitrogens with two attached hydrogens (primary N) is 1. The lowest BCUT2D eigenvalue weighted by atomic mass is 10.0. The van der Waals surface area contributed by atoms with Gasteiger partial charge < -0.3 is 40.8 Å². The van der Waals surface area contributed by atoms with Crippen molar-refractivity contribution in [2.24, 2.45) is 11.7 Å². The lowest BCUT2D eigenvalue weighted by Crippen LogP contribution is -2.58. The van der Waals surface area contributed by atoms with Crippen molar-refractivity contribution in [1.82, 2.24) is 34.9 Å². The average Bonchev–Trinajstić information content (AvgIpc) is 3.46. The maximum absolute atomic E-state index is 13.8. The van der Waals surface area contributed by atoms with Crippen molar-refractivity contribution in [2.45, 2.75) is 49.8 Å². The van der Waals surface area contributed by atoms with Crippen LogP contribution in [0.25, 0.3) is 10.9 Å². The van der Waals surface area contributed by atoms with Crippen molar-refractivity contribution in [3.8, 4) is 0 Å². The molecule has 42 heavy (non-hydrogen) atoms. The number of aliphatic hydroxyl groups is 2. The number of ether oxygens (including phenoxy) is 1. The Morgan fingerprint density at radius 3 is 2.48 bits per heavy atom. The first-order chi connectivity index (χ1) is 20.2. The second kappa shape index (κ2) is 11.2. The minimum Gasteiger partial charge on any atom is -0.387 e. The summed E-state index contributed by atoms with van der Waals surface area (Å²) in [6, 6.07) is 6.56. The Morgan fingerprint density at radius 1 is 1.07 bits per heavy atom. The maximum Gasteiger partial charge on any atom is 0.288 e. The van der Waals surface area contributed by atoms with E-state index in [1.54, 1.807) is 16.0 Å². The number of primary amides is 1. The molecule has 3 aromatic rings. The number of nitrogens with one attached hydrogen (secondary N) is 2. The summed E-state index contributed by atoms with van der Waals surface area (Å²) >= 11 is 0. The largest absolute Gasteiger partial charge is 0.387 e. The van der Waals surface area contributed by atoms with Crippen molar-refractivity contribution in [3.63, 3.8) is 0 Å². The molecular weight excluding hydrogens is 548 g/mol. The summed E-state index contributed by atoms with van der Waals surface area (Å²) in [5.74, 6) is -2.14. The highest BCUT2D eigenvalue weighted by molar-refractivity contribution is 5.91. The smallest absolute Gasteiger partial charge is 0.288 e. The number of H-pyrrole nitrogens is 1. The van der Waals surface area contributed by atoms with E-state index in [-0.39, 0.29) is 30.0 Å². The number of carbonyl (C=O) groups excluding carboxylic acids is 4. The number of carbonyl (C=O) groups is 4. The van der Waals surface area contributed by atoms with Crippen molar-refractivity contribution < 1.29 is 34.1 Å². The Bertz CT molecular complexity index is 1510. The number of fused-ring (bicyclic) bond motifs is 1. The molecule has 6 N–H and O–H groups in total. The third-order valence-corrected chi connectivity index (χ3v) is 8.03. The van der Waals surface area contributed by atoms with Crippen LogP contribution in [0.5, 0.6) is 0 Å². The molecule has 4 heterocycles. The SMILES string of the molecule is NC(=O)c1ncn([C@@H]2O[C@H](C(=O)N[C@H](Cc3c[nH]c4ccccc34)C(=O)N3CCN(C(=O)C4CC4)CC3)[C@@H](O)[C@H]2O)n1. The molecule has 0 radical (unpaired) electrons. The highest BCUT2D eigenvalue weighted by Crippen LogP contribution is 2.32. The van der Waals surface area contributed by atoms with Gasteiger partial charge in [-0.3, -0.25) is 19.2 Å². The fourth-order valence-electron chi connectivity index (χ4n) is 5.54. The zero-order chi connectivity index (χ0) is 29.5. The van der Waals surface area contributed by atoms with E-state index in [2.05, 4.69) is 20.4 Å². The summed E-state index contributed by atoms with van der Waals surface area (Å²) in [4.78, 5) is 61.4. The molecule has 2 aliphatic heterocycles. The average molecular weight is 581 g/mol. The molecule has 15 heteroatoms. The monoisotopic (exact) mass is 580 g/mol. The van der Waals surface area contributed by atoms with Gasteiger partial charge in [0.15, 0.2) is 12.3 Å². The van der Waals surface area contributed by atoms with Gasteiger partial charge in [0.1, 0.15) is 24.6 Å². The summed E-state index contributed by atoms with van der Waals surface area (Å²) in [7, 11) is 0. The third kappa shape index (κ3) is 5.33. The second-order valence-corrected chi connectivity index (χ2v) is 10.9. The second-order valence-electron chi connectivity index (χ2n) is 10.9. The topological polar surface area (TPSA) is 209 Å². The number of aliphatic hydroxyl groups excluding tert-OH is 2. The molecule has 6 rings (SSSR count). The Labute approximate surface area is 239 Å². The van der Waals surface area contributed by atoms with E-state index in [0.717, 1.165) is 40.3 Å². The maximum atomic E-state index is 13.8. The summed E-state index contributed by atoms with van der Waals surface area (Å²) in [6.45, 7) is 1.49. The fourth-order valence-corrected chi connectivity index (χ4v) is 5.54. The van der Waals surface area contributed by atoms with Gasteiger partial charge in [0.05, 0.1) is 0 Å². The van der Waals surface area contributed by atoms with Crippen LogP contribution < -0.4 is 11.1 Å². The van der Waals surface area contributed by atoms with Crippen LogP contribution in [0.4, 0.5) is 0 Å². The molecule has 15 nitrogen and oxygen atoms in total. The summed E-state index contributed by atoms with van der Waals surface area (Å²) in [5, 5.41) is 28.7. The van der Waals surface area contributed by atoms with E-state index < -0.39 is 42.4 Å². The van der Waals surface area contributed by atoms with Gasteiger partial charge in [0.2, 0.25) is 17.6 Å². The predicted molar refractivity (Wildman–Crippen MR) is 144 cm³/mol. The lowest BCUT2D eigenvalue weighted by Gasteiger charge is -2.37. The van der Waals surface area contributed by atoms with Crippen LogP contribution in [-0.2, 0) is 25.5 Å². The molecular formula is C27H32N8O7. The van der Waals surface area contributed by atoms with E-state index in [1.165, 1.54) is 0 Å². The zero-order valence-corrected chi connectivity index (χ0v) is 22.6. The van der Waals surface area contributed by atoms with Gasteiger partial charge in [-0.05, 0) is 24.5 Å². The normalized spacial score (nSPS) is 25.0. The summed E-state index contributed by atoms with van der Waals surface area (Å²) in [6.07, 6.45) is -1.26. The highest BCUT2D eigenvalue weighted by Gasteiger charge is 2.48. The molecule has 2 aromatic heterocycles. The van der Waals surface area contributed by atoms with Gasteiger partial charge in [-0.2, -0.15) is 0 Å². The molecule has 222 valence electrons. The van der Waals surface area contributed by atoms with Crippen molar-refractivity contribution >= 4 is 34.5 Å². The summed E-state index contributed by atoms with van der Waals surface area (Å²) < 4.78 is 6.65. The number of amides is 4. The van der Waals surface area contributed by atoms with Crippen LogP contribution in [0.1, 0.15) is 35.3 Å². The van der Waals surface area contributed by atoms with E-state index in [9.17, 15) is 29.4 Å². The van der Waals surface area contributed by atoms with Crippen molar-refractivity contribution in [3.05, 3.63) is 48.2 Å². The molecule has 3 fully saturated rings. The standard InChI is InChI=1S/C27H32N8O7/c28-22(38)23-30-13-35(32-23)27-20(37)19(36)21(42-27)24(39)31-18(11-15-12-29-17-4-2-1-3-16(15)17)26(41)34-9-7-33(8-10-34)25(40)14-5-6-14/h1-4,12-14,18-21,27,29,36-37H,5-11H2,(H2,28,38)(H,31,39)/t18-,19+,20-,21+,27-/m1/s1. The van der Waals surface area contributed by atoms with Crippen LogP contribution in [0.2, 0.25) is 0 Å². The number of aromatic amines is 1. The molecule has 1 saturated carbocycles. The number of rotatable bonds is 8. The van der Waals surface area contributed by atoms with Gasteiger partial charge >= 0.3 is 0 Å². The van der Waals surface area contributed by atoms with Gasteiger partial charge in [0.25, 0.3) is 11.8 Å². The fraction of sp³-hybridized carbons (Fsp3) is 0.481.